The topological polar surface area (TPSA) is 84.5 Å². The molecule has 0 spiro atoms. The summed E-state index contributed by atoms with van der Waals surface area (Å²) in [4.78, 5) is 31.0. The second-order valence-corrected chi connectivity index (χ2v) is 12.1. The fourth-order valence-electron chi connectivity index (χ4n) is 6.65. The van der Waals surface area contributed by atoms with E-state index in [0.717, 1.165) is 42.6 Å². The molecule has 0 aliphatic carbocycles. The van der Waals surface area contributed by atoms with E-state index in [0.29, 0.717) is 47.4 Å². The second kappa shape index (κ2) is 11.4. The van der Waals surface area contributed by atoms with Crippen molar-refractivity contribution in [3.8, 4) is 11.1 Å². The van der Waals surface area contributed by atoms with Crippen LogP contribution in [0.3, 0.4) is 0 Å². The first-order chi connectivity index (χ1) is 20.7. The number of fused-ring (bicyclic) bond motifs is 2. The number of nitrogens with one attached hydrogen (secondary N) is 1. The summed E-state index contributed by atoms with van der Waals surface area (Å²) in [5.74, 6) is 0.548. The Morgan fingerprint density at radius 3 is 2.56 bits per heavy atom. The predicted octanol–water partition coefficient (Wildman–Crippen LogP) is 5.42. The maximum absolute atomic E-state index is 16.9. The average Bonchev–Trinajstić information content (AvgIpc) is 3.45. The van der Waals surface area contributed by atoms with Gasteiger partial charge in [0.15, 0.2) is 5.82 Å². The number of hydrogen-bond donors (Lipinski definition) is 1. The zero-order valence-corrected chi connectivity index (χ0v) is 26.1. The van der Waals surface area contributed by atoms with Crippen LogP contribution in [0.15, 0.2) is 37.1 Å². The molecule has 0 bridgehead atoms. The van der Waals surface area contributed by atoms with E-state index in [1.54, 1.807) is 12.3 Å². The van der Waals surface area contributed by atoms with Crippen LogP contribution in [0.2, 0.25) is 5.02 Å². The minimum Gasteiger partial charge on any atom is -0.349 e. The van der Waals surface area contributed by atoms with Crippen LogP contribution in [0.25, 0.3) is 32.9 Å². The number of aromatic amines is 1. The van der Waals surface area contributed by atoms with Gasteiger partial charge in [-0.1, -0.05) is 38.1 Å². The lowest BCUT2D eigenvalue weighted by Gasteiger charge is -2.46. The lowest BCUT2D eigenvalue weighted by Crippen LogP contribution is -2.60. The highest BCUT2D eigenvalue weighted by atomic mass is 35.5. The molecule has 0 radical (unpaired) electrons. The number of rotatable bonds is 7. The molecule has 2 aromatic carbocycles. The summed E-state index contributed by atoms with van der Waals surface area (Å²) in [5, 5.41) is 8.80. The van der Waals surface area contributed by atoms with E-state index in [2.05, 4.69) is 52.2 Å². The molecular formula is C32H38ClFN8O. The third-order valence-corrected chi connectivity index (χ3v) is 9.42. The van der Waals surface area contributed by atoms with Crippen LogP contribution >= 0.6 is 11.6 Å². The number of amides is 1. The van der Waals surface area contributed by atoms with Crippen molar-refractivity contribution in [3.63, 3.8) is 0 Å². The molecule has 6 rings (SSSR count). The Morgan fingerprint density at radius 2 is 1.86 bits per heavy atom. The average molecular weight is 605 g/mol. The molecule has 11 heteroatoms. The Hall–Kier alpha value is -3.76. The molecule has 2 aromatic heterocycles. The van der Waals surface area contributed by atoms with Gasteiger partial charge in [-0.25, -0.2) is 9.37 Å². The SMILES string of the molecule is C=CC(=O)N1C[C@H](C)N(c2nc(N3CC(N(CC)CC)C3)nc3c(F)c(-c4c(C)ccc5[nH]ncc45)c(Cl)cc23)C[C@H]1C. The van der Waals surface area contributed by atoms with Gasteiger partial charge in [-0.05, 0) is 57.6 Å². The van der Waals surface area contributed by atoms with Gasteiger partial charge in [-0.2, -0.15) is 10.1 Å². The maximum atomic E-state index is 16.9. The molecule has 1 N–H and O–H groups in total. The summed E-state index contributed by atoms with van der Waals surface area (Å²) in [5.41, 5.74) is 2.93. The molecule has 4 aromatic rings. The van der Waals surface area contributed by atoms with Crippen molar-refractivity contribution in [2.24, 2.45) is 0 Å². The Kier molecular flexibility index (Phi) is 7.76. The van der Waals surface area contributed by atoms with Gasteiger partial charge in [-0.15, -0.1) is 0 Å². The van der Waals surface area contributed by atoms with E-state index in [1.165, 1.54) is 6.08 Å². The fourth-order valence-corrected chi connectivity index (χ4v) is 6.94. The summed E-state index contributed by atoms with van der Waals surface area (Å²) in [6.45, 7) is 18.5. The first-order valence-electron chi connectivity index (χ1n) is 15.0. The van der Waals surface area contributed by atoms with Gasteiger partial charge in [0.2, 0.25) is 11.9 Å². The number of H-pyrrole nitrogens is 1. The first kappa shape index (κ1) is 29.3. The van der Waals surface area contributed by atoms with Gasteiger partial charge in [0, 0.05) is 66.2 Å². The van der Waals surface area contributed by atoms with Gasteiger partial charge in [0.05, 0.1) is 16.7 Å². The van der Waals surface area contributed by atoms with Gasteiger partial charge in [-0.3, -0.25) is 14.8 Å². The van der Waals surface area contributed by atoms with Crippen LogP contribution in [0, 0.1) is 12.7 Å². The molecular weight excluding hydrogens is 567 g/mol. The van der Waals surface area contributed by atoms with Crippen molar-refractivity contribution in [3.05, 3.63) is 53.5 Å². The van der Waals surface area contributed by atoms with E-state index in [1.807, 2.05) is 30.9 Å². The fraction of sp³-hybridized carbons (Fsp3) is 0.438. The van der Waals surface area contributed by atoms with E-state index in [9.17, 15) is 4.79 Å². The zero-order valence-electron chi connectivity index (χ0n) is 25.4. The van der Waals surface area contributed by atoms with E-state index >= 15 is 4.39 Å². The number of hydrogen-bond acceptors (Lipinski definition) is 7. The summed E-state index contributed by atoms with van der Waals surface area (Å²) in [6, 6.07) is 5.90. The maximum Gasteiger partial charge on any atom is 0.246 e. The van der Waals surface area contributed by atoms with Crippen molar-refractivity contribution in [1.29, 1.82) is 0 Å². The zero-order chi connectivity index (χ0) is 30.6. The Bertz CT molecular complexity index is 1710. The van der Waals surface area contributed by atoms with E-state index < -0.39 is 5.82 Å². The third-order valence-electron chi connectivity index (χ3n) is 9.12. The summed E-state index contributed by atoms with van der Waals surface area (Å²) >= 11 is 6.94. The largest absolute Gasteiger partial charge is 0.349 e. The molecule has 9 nitrogen and oxygen atoms in total. The first-order valence-corrected chi connectivity index (χ1v) is 15.4. The highest BCUT2D eigenvalue weighted by molar-refractivity contribution is 6.35. The molecule has 4 heterocycles. The monoisotopic (exact) mass is 604 g/mol. The Morgan fingerprint density at radius 1 is 1.12 bits per heavy atom. The van der Waals surface area contributed by atoms with Crippen molar-refractivity contribution in [2.75, 3.05) is 49.1 Å². The van der Waals surface area contributed by atoms with Crippen LogP contribution < -0.4 is 9.80 Å². The molecule has 2 aliphatic rings. The molecule has 226 valence electrons. The van der Waals surface area contributed by atoms with Gasteiger partial charge >= 0.3 is 0 Å². The van der Waals surface area contributed by atoms with Crippen molar-refractivity contribution in [2.45, 2.75) is 52.7 Å². The standard InChI is InChI=1S/C32H38ClFN8O/c1-7-26(43)41-14-20(6)42(15-19(41)5)31-22-12-24(33)28(27-18(4)10-11-25-23(27)13-35-38-25)29(34)30(22)36-32(37-31)40-16-21(17-40)39(8-2)9-3/h7,10-13,19-21H,1,8-9,14-17H2,2-6H3,(H,35,38)/t19-,20+/m1/s1. The van der Waals surface area contributed by atoms with Crippen molar-refractivity contribution < 1.29 is 9.18 Å². The van der Waals surface area contributed by atoms with Crippen LogP contribution in [-0.4, -0.2) is 93.3 Å². The molecule has 43 heavy (non-hydrogen) atoms. The van der Waals surface area contributed by atoms with Gasteiger partial charge in [0.25, 0.3) is 0 Å². The number of piperazine rings is 1. The van der Waals surface area contributed by atoms with Gasteiger partial charge < -0.3 is 14.7 Å². The minimum absolute atomic E-state index is 0.0747. The van der Waals surface area contributed by atoms with Crippen LogP contribution in [-0.2, 0) is 4.79 Å². The van der Waals surface area contributed by atoms with Crippen LogP contribution in [0.1, 0.15) is 33.3 Å². The Balaban J connectivity index is 1.51. The quantitative estimate of drug-likeness (QED) is 0.282. The molecule has 2 atom stereocenters. The number of benzene rings is 2. The third kappa shape index (κ3) is 4.90. The normalized spacial score (nSPS) is 19.5. The lowest BCUT2D eigenvalue weighted by atomic mass is 9.95. The Labute approximate surface area is 256 Å². The predicted molar refractivity (Wildman–Crippen MR) is 171 cm³/mol. The summed E-state index contributed by atoms with van der Waals surface area (Å²) < 4.78 is 16.9. The van der Waals surface area contributed by atoms with Crippen molar-refractivity contribution >= 4 is 51.1 Å². The summed E-state index contributed by atoms with van der Waals surface area (Å²) in [7, 11) is 0. The molecule has 0 saturated carbocycles. The van der Waals surface area contributed by atoms with Crippen LogP contribution in [0.4, 0.5) is 16.2 Å². The van der Waals surface area contributed by atoms with E-state index in [-0.39, 0.29) is 28.5 Å². The smallest absolute Gasteiger partial charge is 0.246 e. The van der Waals surface area contributed by atoms with E-state index in [4.69, 9.17) is 21.6 Å². The number of carbonyl (C=O) groups is 1. The minimum atomic E-state index is -0.480. The highest BCUT2D eigenvalue weighted by Crippen LogP contribution is 2.43. The highest BCUT2D eigenvalue weighted by Gasteiger charge is 2.36. The number of aryl methyl sites for hydroxylation is 1. The molecule has 2 saturated heterocycles. The summed E-state index contributed by atoms with van der Waals surface area (Å²) in [6.07, 6.45) is 3.06. The number of carbonyl (C=O) groups excluding carboxylic acids is 1. The van der Waals surface area contributed by atoms with Crippen LogP contribution in [0.5, 0.6) is 0 Å². The number of halogens is 2. The lowest BCUT2D eigenvalue weighted by molar-refractivity contribution is -0.128. The van der Waals surface area contributed by atoms with Crippen molar-refractivity contribution in [1.82, 2.24) is 30.0 Å². The number of anilines is 2. The van der Waals surface area contributed by atoms with Gasteiger partial charge in [0.1, 0.15) is 11.3 Å². The molecule has 2 aliphatic heterocycles. The molecule has 1 amide bonds. The number of nitrogens with zero attached hydrogens (tertiary/aromatic N) is 7. The molecule has 0 unspecified atom stereocenters. The second-order valence-electron chi connectivity index (χ2n) is 11.7. The molecule has 2 fully saturated rings. The number of likely N-dealkylation sites (N-methyl/N-ethyl adjacent to an activating group) is 1. The number of aromatic nitrogens is 4.